The first kappa shape index (κ1) is 14.5. The Morgan fingerprint density at radius 2 is 1.95 bits per heavy atom. The normalized spacial score (nSPS) is 10.4. The second kappa shape index (κ2) is 5.58. The first-order chi connectivity index (χ1) is 9.40. The highest BCUT2D eigenvalue weighted by Crippen LogP contribution is 2.26. The highest BCUT2D eigenvalue weighted by Gasteiger charge is 2.17. The maximum atomic E-state index is 13.6. The fourth-order valence-corrected chi connectivity index (χ4v) is 2.35. The van der Waals surface area contributed by atoms with Crippen LogP contribution in [0, 0.1) is 18.6 Å². The number of amides is 1. The van der Waals surface area contributed by atoms with Crippen molar-refractivity contribution in [3.63, 3.8) is 0 Å². The second-order valence-corrected chi connectivity index (χ2v) is 5.12. The summed E-state index contributed by atoms with van der Waals surface area (Å²) in [5.74, 6) is -2.83. The van der Waals surface area contributed by atoms with Crippen LogP contribution in [0.25, 0.3) is 0 Å². The van der Waals surface area contributed by atoms with Gasteiger partial charge in [-0.15, -0.1) is 0 Å². The Balaban J connectivity index is 2.35. The Hall–Kier alpha value is -1.95. The van der Waals surface area contributed by atoms with E-state index in [4.69, 9.17) is 5.73 Å². The van der Waals surface area contributed by atoms with E-state index in [9.17, 15) is 13.6 Å². The van der Waals surface area contributed by atoms with Crippen molar-refractivity contribution in [1.29, 1.82) is 0 Å². The van der Waals surface area contributed by atoms with Gasteiger partial charge >= 0.3 is 0 Å². The number of anilines is 2. The maximum absolute atomic E-state index is 13.6. The first-order valence-corrected chi connectivity index (χ1v) is 6.50. The highest BCUT2D eigenvalue weighted by molar-refractivity contribution is 9.10. The minimum Gasteiger partial charge on any atom is -0.397 e. The van der Waals surface area contributed by atoms with Crippen molar-refractivity contribution in [1.82, 2.24) is 0 Å². The Morgan fingerprint density at radius 1 is 1.25 bits per heavy atom. The van der Waals surface area contributed by atoms with Crippen LogP contribution in [-0.4, -0.2) is 5.91 Å². The van der Waals surface area contributed by atoms with Crippen LogP contribution in [0.4, 0.5) is 20.2 Å². The van der Waals surface area contributed by atoms with Gasteiger partial charge in [-0.25, -0.2) is 8.78 Å². The van der Waals surface area contributed by atoms with Crippen molar-refractivity contribution in [2.45, 2.75) is 6.92 Å². The Bertz CT molecular complexity index is 689. The van der Waals surface area contributed by atoms with Gasteiger partial charge in [0.05, 0.1) is 11.3 Å². The largest absolute Gasteiger partial charge is 0.397 e. The van der Waals surface area contributed by atoms with Crippen molar-refractivity contribution in [2.24, 2.45) is 0 Å². The molecule has 0 saturated carbocycles. The van der Waals surface area contributed by atoms with E-state index in [1.54, 1.807) is 18.2 Å². The van der Waals surface area contributed by atoms with E-state index >= 15 is 0 Å². The molecule has 0 atom stereocenters. The molecular formula is C14H11BrF2N2O. The molecule has 0 fully saturated rings. The fourth-order valence-electron chi connectivity index (χ4n) is 1.68. The molecule has 104 valence electrons. The summed E-state index contributed by atoms with van der Waals surface area (Å²) >= 11 is 3.25. The lowest BCUT2D eigenvalue weighted by atomic mass is 10.1. The van der Waals surface area contributed by atoms with E-state index in [0.29, 0.717) is 10.0 Å². The van der Waals surface area contributed by atoms with Crippen molar-refractivity contribution in [2.75, 3.05) is 11.1 Å². The zero-order valence-electron chi connectivity index (χ0n) is 10.5. The monoisotopic (exact) mass is 340 g/mol. The van der Waals surface area contributed by atoms with Crippen LogP contribution in [-0.2, 0) is 0 Å². The van der Waals surface area contributed by atoms with Gasteiger partial charge in [-0.3, -0.25) is 4.79 Å². The number of aryl methyl sites for hydroxylation is 1. The van der Waals surface area contributed by atoms with E-state index in [-0.39, 0.29) is 11.4 Å². The summed E-state index contributed by atoms with van der Waals surface area (Å²) in [5, 5.41) is 2.29. The number of hydrogen-bond donors (Lipinski definition) is 2. The van der Waals surface area contributed by atoms with Gasteiger partial charge in [0, 0.05) is 4.47 Å². The van der Waals surface area contributed by atoms with Crippen LogP contribution in [0.15, 0.2) is 34.8 Å². The number of hydrogen-bond acceptors (Lipinski definition) is 2. The van der Waals surface area contributed by atoms with Crippen LogP contribution < -0.4 is 11.1 Å². The van der Waals surface area contributed by atoms with Gasteiger partial charge < -0.3 is 11.1 Å². The molecule has 0 heterocycles. The molecule has 1 amide bonds. The van der Waals surface area contributed by atoms with Gasteiger partial charge in [-0.1, -0.05) is 6.07 Å². The molecule has 0 aliphatic heterocycles. The van der Waals surface area contributed by atoms with Gasteiger partial charge in [-0.05, 0) is 52.7 Å². The summed E-state index contributed by atoms with van der Waals surface area (Å²) in [6.07, 6.45) is 0. The quantitative estimate of drug-likeness (QED) is 0.815. The predicted molar refractivity (Wildman–Crippen MR) is 77.6 cm³/mol. The minimum atomic E-state index is -1.18. The molecule has 0 unspecified atom stereocenters. The number of benzene rings is 2. The maximum Gasteiger partial charge on any atom is 0.256 e. The smallest absolute Gasteiger partial charge is 0.256 e. The Kier molecular flexibility index (Phi) is 4.04. The van der Waals surface area contributed by atoms with Crippen molar-refractivity contribution >= 4 is 33.2 Å². The van der Waals surface area contributed by atoms with Crippen LogP contribution in [0.3, 0.4) is 0 Å². The summed E-state index contributed by atoms with van der Waals surface area (Å²) in [4.78, 5) is 12.1. The summed E-state index contributed by atoms with van der Waals surface area (Å²) < 4.78 is 27.3. The Labute approximate surface area is 122 Å². The summed E-state index contributed by atoms with van der Waals surface area (Å²) in [6.45, 7) is 1.87. The molecule has 3 nitrogen and oxygen atoms in total. The molecule has 3 N–H and O–H groups in total. The van der Waals surface area contributed by atoms with Crippen LogP contribution >= 0.6 is 15.9 Å². The molecule has 0 aromatic heterocycles. The lowest BCUT2D eigenvalue weighted by Gasteiger charge is -2.11. The van der Waals surface area contributed by atoms with Gasteiger partial charge in [-0.2, -0.15) is 0 Å². The fraction of sp³-hybridized carbons (Fsp3) is 0.0714. The lowest BCUT2D eigenvalue weighted by molar-refractivity contribution is 0.102. The third kappa shape index (κ3) is 2.80. The number of nitrogen functional groups attached to an aromatic ring is 1. The molecule has 0 spiro atoms. The van der Waals surface area contributed by atoms with Crippen LogP contribution in [0.1, 0.15) is 15.9 Å². The number of nitrogens with one attached hydrogen (secondary N) is 1. The predicted octanol–water partition coefficient (Wildman–Crippen LogP) is 3.87. The molecule has 2 aromatic carbocycles. The van der Waals surface area contributed by atoms with Crippen molar-refractivity contribution in [3.05, 3.63) is 57.6 Å². The average molecular weight is 341 g/mol. The number of carbonyl (C=O) groups excluding carboxylic acids is 1. The zero-order valence-corrected chi connectivity index (χ0v) is 12.1. The second-order valence-electron chi connectivity index (χ2n) is 4.26. The van der Waals surface area contributed by atoms with Crippen molar-refractivity contribution < 1.29 is 13.6 Å². The molecular weight excluding hydrogens is 330 g/mol. The zero-order chi connectivity index (χ0) is 14.9. The van der Waals surface area contributed by atoms with Crippen molar-refractivity contribution in [3.8, 4) is 0 Å². The molecule has 2 rings (SSSR count). The SMILES string of the molecule is Cc1ccc(C(=O)Nc2c(N)ccc(F)c2F)c(Br)c1. The van der Waals surface area contributed by atoms with E-state index in [1.807, 2.05) is 6.92 Å². The van der Waals surface area contributed by atoms with E-state index in [0.717, 1.165) is 11.6 Å². The molecule has 0 aliphatic carbocycles. The number of carbonyl (C=O) groups is 1. The van der Waals surface area contributed by atoms with Crippen LogP contribution in [0.2, 0.25) is 0 Å². The standard InChI is InChI=1S/C14H11BrF2N2O/c1-7-2-3-8(9(15)6-7)14(20)19-13-11(18)5-4-10(16)12(13)17/h2-6H,18H2,1H3,(H,19,20). The average Bonchev–Trinajstić information content (AvgIpc) is 2.39. The summed E-state index contributed by atoms with van der Waals surface area (Å²) in [6, 6.07) is 7.17. The molecule has 2 aromatic rings. The topological polar surface area (TPSA) is 55.1 Å². The van der Waals surface area contributed by atoms with Gasteiger partial charge in [0.2, 0.25) is 0 Å². The van der Waals surface area contributed by atoms with E-state index in [2.05, 4.69) is 21.2 Å². The van der Waals surface area contributed by atoms with Gasteiger partial charge in [0.1, 0.15) is 5.69 Å². The Morgan fingerprint density at radius 3 is 2.60 bits per heavy atom. The molecule has 0 radical (unpaired) electrons. The highest BCUT2D eigenvalue weighted by atomic mass is 79.9. The van der Waals surface area contributed by atoms with Crippen LogP contribution in [0.5, 0.6) is 0 Å². The molecule has 0 bridgehead atoms. The molecule has 0 saturated heterocycles. The number of nitrogens with two attached hydrogens (primary N) is 1. The minimum absolute atomic E-state index is 0.0412. The third-order valence-corrected chi connectivity index (χ3v) is 3.39. The number of halogens is 3. The van der Waals surface area contributed by atoms with Gasteiger partial charge in [0.15, 0.2) is 11.6 Å². The number of rotatable bonds is 2. The summed E-state index contributed by atoms with van der Waals surface area (Å²) in [5.41, 5.74) is 6.41. The van der Waals surface area contributed by atoms with Gasteiger partial charge in [0.25, 0.3) is 5.91 Å². The molecule has 6 heteroatoms. The first-order valence-electron chi connectivity index (χ1n) is 5.71. The third-order valence-electron chi connectivity index (χ3n) is 2.73. The molecule has 20 heavy (non-hydrogen) atoms. The van der Waals surface area contributed by atoms with E-state index in [1.165, 1.54) is 6.07 Å². The summed E-state index contributed by atoms with van der Waals surface area (Å²) in [7, 11) is 0. The van der Waals surface area contributed by atoms with E-state index < -0.39 is 17.5 Å². The lowest BCUT2D eigenvalue weighted by Crippen LogP contribution is -2.15. The molecule has 0 aliphatic rings.